The van der Waals surface area contributed by atoms with Gasteiger partial charge in [-0.25, -0.2) is 8.42 Å². The van der Waals surface area contributed by atoms with Crippen molar-refractivity contribution in [2.24, 2.45) is 0 Å². The average Bonchev–Trinajstić information content (AvgIpc) is 2.71. The number of aryl methyl sites for hydroxylation is 2. The highest BCUT2D eigenvalue weighted by atomic mass is 127. The summed E-state index contributed by atoms with van der Waals surface area (Å²) in [7, 11) is -3.87. The lowest BCUT2D eigenvalue weighted by Crippen LogP contribution is -2.45. The Bertz CT molecular complexity index is 1110. The second-order valence-corrected chi connectivity index (χ2v) is 10.0. The van der Waals surface area contributed by atoms with E-state index < -0.39 is 22.0 Å². The molecule has 0 aromatic heterocycles. The van der Waals surface area contributed by atoms with Gasteiger partial charge in [0.2, 0.25) is 15.9 Å². The minimum atomic E-state index is -3.87. The topological polar surface area (TPSA) is 75.3 Å². The molecule has 30 heavy (non-hydrogen) atoms. The first-order valence-electron chi connectivity index (χ1n) is 9.45. The van der Waals surface area contributed by atoms with E-state index in [1.165, 1.54) is 12.1 Å². The fourth-order valence-electron chi connectivity index (χ4n) is 3.13. The first-order chi connectivity index (χ1) is 14.3. The van der Waals surface area contributed by atoms with Crippen LogP contribution in [0.2, 0.25) is 0 Å². The van der Waals surface area contributed by atoms with Crippen molar-refractivity contribution < 1.29 is 13.2 Å². The van der Waals surface area contributed by atoms with E-state index in [4.69, 9.17) is 0 Å². The average molecular weight is 534 g/mol. The van der Waals surface area contributed by atoms with Crippen LogP contribution in [-0.2, 0) is 21.2 Å². The lowest BCUT2D eigenvalue weighted by atomic mass is 10.0. The number of carbonyl (C=O) groups is 1. The number of sulfonamides is 1. The van der Waals surface area contributed by atoms with Crippen molar-refractivity contribution in [1.82, 2.24) is 4.72 Å². The Balaban J connectivity index is 1.90. The monoisotopic (exact) mass is 534 g/mol. The van der Waals surface area contributed by atoms with Crippen molar-refractivity contribution in [2.75, 3.05) is 5.32 Å². The summed E-state index contributed by atoms with van der Waals surface area (Å²) < 4.78 is 29.4. The van der Waals surface area contributed by atoms with Gasteiger partial charge in [0.25, 0.3) is 0 Å². The minimum absolute atomic E-state index is 0.126. The smallest absolute Gasteiger partial charge is 0.242 e. The molecule has 0 bridgehead atoms. The number of hydrogen-bond donors (Lipinski definition) is 2. The zero-order valence-electron chi connectivity index (χ0n) is 16.7. The maximum atomic E-state index is 13.1. The van der Waals surface area contributed by atoms with Gasteiger partial charge in [0.15, 0.2) is 0 Å². The van der Waals surface area contributed by atoms with Gasteiger partial charge >= 0.3 is 0 Å². The molecule has 3 aromatic carbocycles. The Morgan fingerprint density at radius 3 is 2.10 bits per heavy atom. The Morgan fingerprint density at radius 2 is 1.50 bits per heavy atom. The van der Waals surface area contributed by atoms with Crippen molar-refractivity contribution in [3.63, 3.8) is 0 Å². The van der Waals surface area contributed by atoms with E-state index in [-0.39, 0.29) is 11.3 Å². The van der Waals surface area contributed by atoms with Crippen LogP contribution in [0.15, 0.2) is 77.7 Å². The molecule has 0 spiro atoms. The molecule has 1 atom stereocenters. The summed E-state index contributed by atoms with van der Waals surface area (Å²) in [5.74, 6) is -0.398. The number of nitrogens with one attached hydrogen (secondary N) is 2. The summed E-state index contributed by atoms with van der Waals surface area (Å²) in [6.07, 6.45) is 0.237. The van der Waals surface area contributed by atoms with Crippen LogP contribution >= 0.6 is 22.6 Å². The summed E-state index contributed by atoms with van der Waals surface area (Å²) in [5, 5.41) is 2.91. The number of anilines is 1. The van der Waals surface area contributed by atoms with E-state index >= 15 is 0 Å². The third-order valence-electron chi connectivity index (χ3n) is 4.75. The Labute approximate surface area is 191 Å². The molecule has 0 saturated heterocycles. The van der Waals surface area contributed by atoms with Gasteiger partial charge < -0.3 is 5.32 Å². The Kier molecular flexibility index (Phi) is 7.27. The molecule has 3 aromatic rings. The molecular weight excluding hydrogens is 511 g/mol. The van der Waals surface area contributed by atoms with E-state index in [0.717, 1.165) is 20.3 Å². The van der Waals surface area contributed by atoms with Crippen LogP contribution in [0.3, 0.4) is 0 Å². The van der Waals surface area contributed by atoms with Gasteiger partial charge in [-0.1, -0.05) is 48.5 Å². The predicted molar refractivity (Wildman–Crippen MR) is 128 cm³/mol. The third-order valence-corrected chi connectivity index (χ3v) is 6.96. The summed E-state index contributed by atoms with van der Waals surface area (Å²) in [6, 6.07) is 20.6. The molecule has 5 nitrogen and oxygen atoms in total. The number of para-hydroxylation sites is 1. The van der Waals surface area contributed by atoms with Crippen molar-refractivity contribution in [2.45, 2.75) is 31.2 Å². The number of halogens is 1. The summed E-state index contributed by atoms with van der Waals surface area (Å²) in [6.45, 7) is 3.81. The lowest BCUT2D eigenvalue weighted by molar-refractivity contribution is -0.117. The number of carbonyl (C=O) groups excluding carboxylic acids is 1. The second kappa shape index (κ2) is 9.72. The number of hydrogen-bond acceptors (Lipinski definition) is 3. The molecule has 0 heterocycles. The molecule has 3 rings (SSSR count). The Hall–Kier alpha value is -2.23. The first-order valence-corrected chi connectivity index (χ1v) is 12.0. The van der Waals surface area contributed by atoms with Crippen molar-refractivity contribution >= 4 is 44.2 Å². The molecule has 0 aliphatic rings. The zero-order valence-corrected chi connectivity index (χ0v) is 19.7. The molecule has 156 valence electrons. The van der Waals surface area contributed by atoms with Crippen molar-refractivity contribution in [3.05, 3.63) is 93.1 Å². The number of rotatable bonds is 7. The zero-order chi connectivity index (χ0) is 21.7. The molecule has 0 fully saturated rings. The highest BCUT2D eigenvalue weighted by Gasteiger charge is 2.26. The SMILES string of the molecule is Cc1cccc(C)c1NC(=O)[C@H](Cc1ccccc1)NS(=O)(=O)c1ccc(I)cc1. The maximum Gasteiger partial charge on any atom is 0.242 e. The molecule has 0 aliphatic heterocycles. The molecule has 0 unspecified atom stereocenters. The van der Waals surface area contributed by atoms with E-state index in [1.807, 2.05) is 62.4 Å². The van der Waals surface area contributed by atoms with Crippen LogP contribution in [-0.4, -0.2) is 20.4 Å². The molecule has 7 heteroatoms. The van der Waals surface area contributed by atoms with Crippen LogP contribution < -0.4 is 10.0 Å². The summed E-state index contributed by atoms with van der Waals surface area (Å²) in [5.41, 5.74) is 3.41. The lowest BCUT2D eigenvalue weighted by Gasteiger charge is -2.20. The quantitative estimate of drug-likeness (QED) is 0.441. The molecule has 2 N–H and O–H groups in total. The predicted octanol–water partition coefficient (Wildman–Crippen LogP) is 4.44. The van der Waals surface area contributed by atoms with E-state index in [9.17, 15) is 13.2 Å². The minimum Gasteiger partial charge on any atom is -0.324 e. The summed E-state index contributed by atoms with van der Waals surface area (Å²) in [4.78, 5) is 13.3. The van der Waals surface area contributed by atoms with Gasteiger partial charge in [-0.3, -0.25) is 4.79 Å². The second-order valence-electron chi connectivity index (χ2n) is 7.07. The summed E-state index contributed by atoms with van der Waals surface area (Å²) >= 11 is 2.11. The number of benzene rings is 3. The van der Waals surface area contributed by atoms with Crippen LogP contribution in [0, 0.1) is 17.4 Å². The van der Waals surface area contributed by atoms with Gasteiger partial charge in [-0.2, -0.15) is 4.72 Å². The third kappa shape index (κ3) is 5.68. The normalized spacial score (nSPS) is 12.4. The maximum absolute atomic E-state index is 13.1. The van der Waals surface area contributed by atoms with Gasteiger partial charge in [0.05, 0.1) is 4.90 Å². The molecule has 0 aliphatic carbocycles. The van der Waals surface area contributed by atoms with E-state index in [2.05, 4.69) is 32.6 Å². The van der Waals surface area contributed by atoms with Crippen LogP contribution in [0.25, 0.3) is 0 Å². The van der Waals surface area contributed by atoms with Gasteiger partial charge in [0.1, 0.15) is 6.04 Å². The first kappa shape index (κ1) is 22.5. The van der Waals surface area contributed by atoms with Crippen molar-refractivity contribution in [1.29, 1.82) is 0 Å². The Morgan fingerprint density at radius 1 is 0.900 bits per heavy atom. The van der Waals surface area contributed by atoms with Crippen LogP contribution in [0.4, 0.5) is 5.69 Å². The van der Waals surface area contributed by atoms with Gasteiger partial charge in [-0.05, 0) is 83.8 Å². The standard InChI is InChI=1S/C23H23IN2O3S/c1-16-7-6-8-17(2)22(16)25-23(27)21(15-18-9-4-3-5-10-18)26-30(28,29)20-13-11-19(24)12-14-20/h3-14,21,26H,15H2,1-2H3,(H,25,27)/t21-/m0/s1. The number of amides is 1. The molecule has 0 saturated carbocycles. The highest BCUT2D eigenvalue weighted by molar-refractivity contribution is 14.1. The van der Waals surface area contributed by atoms with Crippen LogP contribution in [0.1, 0.15) is 16.7 Å². The van der Waals surface area contributed by atoms with Crippen LogP contribution in [0.5, 0.6) is 0 Å². The fraction of sp³-hybridized carbons (Fsp3) is 0.174. The van der Waals surface area contributed by atoms with E-state index in [0.29, 0.717) is 5.69 Å². The molecular formula is C23H23IN2O3S. The van der Waals surface area contributed by atoms with Gasteiger partial charge in [-0.15, -0.1) is 0 Å². The fourth-order valence-corrected chi connectivity index (χ4v) is 4.68. The van der Waals surface area contributed by atoms with Crippen molar-refractivity contribution in [3.8, 4) is 0 Å². The van der Waals surface area contributed by atoms with E-state index in [1.54, 1.807) is 12.1 Å². The highest BCUT2D eigenvalue weighted by Crippen LogP contribution is 2.20. The molecule has 1 amide bonds. The van der Waals surface area contributed by atoms with Gasteiger partial charge in [0, 0.05) is 9.26 Å². The largest absolute Gasteiger partial charge is 0.324 e. The molecule has 0 radical (unpaired) electrons.